The van der Waals surface area contributed by atoms with E-state index in [4.69, 9.17) is 10.2 Å². The van der Waals surface area contributed by atoms with Crippen LogP contribution in [0.25, 0.3) is 0 Å². The van der Waals surface area contributed by atoms with Crippen molar-refractivity contribution in [2.75, 3.05) is 11.1 Å². The topological polar surface area (TPSA) is 68.3 Å². The summed E-state index contributed by atoms with van der Waals surface area (Å²) in [5.41, 5.74) is 4.86. The number of anilines is 2. The van der Waals surface area contributed by atoms with Crippen molar-refractivity contribution in [2.24, 2.45) is 0 Å². The number of alkyl halides is 3. The Bertz CT molecular complexity index is 647. The molecule has 20 heavy (non-hydrogen) atoms. The Morgan fingerprint density at radius 1 is 1.30 bits per heavy atom. The van der Waals surface area contributed by atoms with E-state index in [2.05, 4.69) is 5.32 Å². The summed E-state index contributed by atoms with van der Waals surface area (Å²) < 4.78 is 42.4. The third-order valence-electron chi connectivity index (χ3n) is 2.62. The number of nitrogens with two attached hydrogens (primary N) is 1. The van der Waals surface area contributed by atoms with Crippen molar-refractivity contribution in [1.82, 2.24) is 0 Å². The zero-order valence-corrected chi connectivity index (χ0v) is 10.4. The fraction of sp³-hybridized carbons (Fsp3) is 0.154. The van der Waals surface area contributed by atoms with Gasteiger partial charge in [-0.05, 0) is 31.2 Å². The molecule has 106 valence electrons. The molecule has 2 aromatic rings. The molecule has 0 saturated heterocycles. The van der Waals surface area contributed by atoms with Gasteiger partial charge in [0.25, 0.3) is 5.91 Å². The van der Waals surface area contributed by atoms with Gasteiger partial charge < -0.3 is 15.5 Å². The summed E-state index contributed by atoms with van der Waals surface area (Å²) in [5, 5.41) is 2.43. The van der Waals surface area contributed by atoms with Gasteiger partial charge in [-0.25, -0.2) is 0 Å². The highest BCUT2D eigenvalue weighted by molar-refractivity contribution is 6.05. The molecule has 0 unspecified atom stereocenters. The maximum Gasteiger partial charge on any atom is 0.416 e. The van der Waals surface area contributed by atoms with Crippen molar-refractivity contribution >= 4 is 17.3 Å². The van der Waals surface area contributed by atoms with Gasteiger partial charge >= 0.3 is 6.18 Å². The number of furan rings is 1. The van der Waals surface area contributed by atoms with Gasteiger partial charge in [0.1, 0.15) is 12.0 Å². The monoisotopic (exact) mass is 284 g/mol. The molecular formula is C13H11F3N2O2. The largest absolute Gasteiger partial charge is 0.469 e. The van der Waals surface area contributed by atoms with E-state index in [1.807, 2.05) is 0 Å². The molecule has 7 heteroatoms. The summed E-state index contributed by atoms with van der Waals surface area (Å²) in [5.74, 6) is 0.0452. The summed E-state index contributed by atoms with van der Waals surface area (Å²) in [6.07, 6.45) is -3.22. The molecule has 0 aliphatic carbocycles. The van der Waals surface area contributed by atoms with Crippen molar-refractivity contribution in [3.63, 3.8) is 0 Å². The van der Waals surface area contributed by atoms with E-state index in [1.54, 1.807) is 6.92 Å². The number of nitrogen functional groups attached to an aromatic ring is 1. The van der Waals surface area contributed by atoms with E-state index in [0.29, 0.717) is 5.76 Å². The number of carbonyl (C=O) groups excluding carboxylic acids is 1. The van der Waals surface area contributed by atoms with Crippen LogP contribution in [-0.2, 0) is 6.18 Å². The van der Waals surface area contributed by atoms with E-state index >= 15 is 0 Å². The number of nitrogens with one attached hydrogen (secondary N) is 1. The smallest absolute Gasteiger partial charge is 0.416 e. The number of halogens is 3. The van der Waals surface area contributed by atoms with Crippen LogP contribution in [0.5, 0.6) is 0 Å². The van der Waals surface area contributed by atoms with Gasteiger partial charge in [0.05, 0.1) is 22.5 Å². The third-order valence-corrected chi connectivity index (χ3v) is 2.62. The Kier molecular flexibility index (Phi) is 3.44. The molecule has 0 bridgehead atoms. The van der Waals surface area contributed by atoms with Gasteiger partial charge in [0.2, 0.25) is 0 Å². The lowest BCUT2D eigenvalue weighted by Crippen LogP contribution is -2.13. The van der Waals surface area contributed by atoms with Crippen LogP contribution in [0.15, 0.2) is 34.9 Å². The van der Waals surface area contributed by atoms with Crippen LogP contribution in [0.1, 0.15) is 21.7 Å². The van der Waals surface area contributed by atoms with Crippen LogP contribution >= 0.6 is 0 Å². The van der Waals surface area contributed by atoms with E-state index in [9.17, 15) is 18.0 Å². The van der Waals surface area contributed by atoms with Gasteiger partial charge in [-0.1, -0.05) is 0 Å². The lowest BCUT2D eigenvalue weighted by molar-refractivity contribution is -0.137. The molecule has 1 aromatic heterocycles. The molecule has 0 aliphatic heterocycles. The highest BCUT2D eigenvalue weighted by Gasteiger charge is 2.30. The van der Waals surface area contributed by atoms with Crippen molar-refractivity contribution < 1.29 is 22.4 Å². The second-order valence-corrected chi connectivity index (χ2v) is 4.20. The Balaban J connectivity index is 2.20. The third kappa shape index (κ3) is 2.93. The maximum absolute atomic E-state index is 12.5. The van der Waals surface area contributed by atoms with E-state index in [0.717, 1.165) is 18.2 Å². The van der Waals surface area contributed by atoms with Crippen molar-refractivity contribution in [3.8, 4) is 0 Å². The van der Waals surface area contributed by atoms with Crippen molar-refractivity contribution in [1.29, 1.82) is 0 Å². The predicted molar refractivity (Wildman–Crippen MR) is 67.3 cm³/mol. The fourth-order valence-electron chi connectivity index (χ4n) is 1.61. The Morgan fingerprint density at radius 3 is 2.50 bits per heavy atom. The second kappa shape index (κ2) is 4.92. The Morgan fingerprint density at radius 2 is 2.00 bits per heavy atom. The van der Waals surface area contributed by atoms with Gasteiger partial charge in [-0.2, -0.15) is 13.2 Å². The highest BCUT2D eigenvalue weighted by Crippen LogP contribution is 2.32. The minimum Gasteiger partial charge on any atom is -0.469 e. The molecule has 1 aromatic carbocycles. The van der Waals surface area contributed by atoms with Crippen LogP contribution < -0.4 is 11.1 Å². The molecule has 0 radical (unpaired) electrons. The minimum absolute atomic E-state index is 0.113. The van der Waals surface area contributed by atoms with Crippen LogP contribution in [-0.4, -0.2) is 5.91 Å². The number of hydrogen-bond acceptors (Lipinski definition) is 3. The van der Waals surface area contributed by atoms with Crippen LogP contribution in [0.2, 0.25) is 0 Å². The molecule has 1 heterocycles. The zero-order chi connectivity index (χ0) is 14.9. The van der Waals surface area contributed by atoms with Crippen molar-refractivity contribution in [2.45, 2.75) is 13.1 Å². The number of hydrogen-bond donors (Lipinski definition) is 2. The van der Waals surface area contributed by atoms with Gasteiger partial charge in [-0.3, -0.25) is 4.79 Å². The zero-order valence-electron chi connectivity index (χ0n) is 10.4. The first-order valence-electron chi connectivity index (χ1n) is 5.60. The summed E-state index contributed by atoms with van der Waals surface area (Å²) in [4.78, 5) is 11.8. The van der Waals surface area contributed by atoms with Gasteiger partial charge in [0, 0.05) is 0 Å². The molecule has 1 amide bonds. The van der Waals surface area contributed by atoms with E-state index < -0.39 is 17.6 Å². The van der Waals surface area contributed by atoms with Crippen LogP contribution in [0.3, 0.4) is 0 Å². The second-order valence-electron chi connectivity index (χ2n) is 4.20. The number of carbonyl (C=O) groups is 1. The van der Waals surface area contributed by atoms with Gasteiger partial charge in [0.15, 0.2) is 0 Å². The average Bonchev–Trinajstić information content (AvgIpc) is 2.77. The van der Waals surface area contributed by atoms with Crippen LogP contribution in [0, 0.1) is 6.92 Å². The normalized spacial score (nSPS) is 11.4. The quantitative estimate of drug-likeness (QED) is 0.830. The average molecular weight is 284 g/mol. The summed E-state index contributed by atoms with van der Waals surface area (Å²) in [6, 6.07) is 4.25. The molecule has 2 rings (SSSR count). The Labute approximate surface area is 112 Å². The van der Waals surface area contributed by atoms with Crippen molar-refractivity contribution in [3.05, 3.63) is 47.4 Å². The SMILES string of the molecule is Cc1cc(C(=O)Nc2ccc(C(F)(F)F)cc2N)co1. The van der Waals surface area contributed by atoms with E-state index in [-0.39, 0.29) is 16.9 Å². The number of rotatable bonds is 2. The molecule has 3 N–H and O–H groups in total. The first kappa shape index (κ1) is 14.0. The molecule has 4 nitrogen and oxygen atoms in total. The summed E-state index contributed by atoms with van der Waals surface area (Å²) in [6.45, 7) is 1.67. The minimum atomic E-state index is -4.47. The summed E-state index contributed by atoms with van der Waals surface area (Å²) in [7, 11) is 0. The maximum atomic E-state index is 12.5. The molecule has 0 saturated carbocycles. The number of benzene rings is 1. The lowest BCUT2D eigenvalue weighted by atomic mass is 10.1. The number of aryl methyl sites for hydroxylation is 1. The summed E-state index contributed by atoms with van der Waals surface area (Å²) >= 11 is 0. The molecule has 0 fully saturated rings. The molecule has 0 atom stereocenters. The number of amides is 1. The molecular weight excluding hydrogens is 273 g/mol. The highest BCUT2D eigenvalue weighted by atomic mass is 19.4. The standard InChI is InChI=1S/C13H11F3N2O2/c1-7-4-8(6-20-7)12(19)18-11-3-2-9(5-10(11)17)13(14,15)16/h2-6H,17H2,1H3,(H,18,19). The molecule has 0 spiro atoms. The first-order chi connectivity index (χ1) is 9.27. The predicted octanol–water partition coefficient (Wildman–Crippen LogP) is 3.44. The molecule has 0 aliphatic rings. The van der Waals surface area contributed by atoms with E-state index in [1.165, 1.54) is 12.3 Å². The fourth-order valence-corrected chi connectivity index (χ4v) is 1.61. The van der Waals surface area contributed by atoms with Gasteiger partial charge in [-0.15, -0.1) is 0 Å². The van der Waals surface area contributed by atoms with Crippen LogP contribution in [0.4, 0.5) is 24.5 Å². The first-order valence-corrected chi connectivity index (χ1v) is 5.60. The lowest BCUT2D eigenvalue weighted by Gasteiger charge is -2.11. The Hall–Kier alpha value is -2.44.